The van der Waals surface area contributed by atoms with Gasteiger partial charge in [-0.3, -0.25) is 0 Å². The van der Waals surface area contributed by atoms with Gasteiger partial charge in [-0.15, -0.1) is 0 Å². The zero-order valence-corrected chi connectivity index (χ0v) is 6.69. The largest absolute Gasteiger partial charge is 0.303 e. The quantitative estimate of drug-likeness (QED) is 0.612. The maximum atomic E-state index is 10.4. The standard InChI is InChI=1S/C9H8N2O/c1-7(6-12)8-3-2-4-11-9(8)5-10/h2-4,6-7H,1H3. The molecule has 0 aliphatic heterocycles. The predicted octanol–water partition coefficient (Wildman–Crippen LogP) is 1.26. The highest BCUT2D eigenvalue weighted by Crippen LogP contribution is 2.14. The molecule has 3 nitrogen and oxygen atoms in total. The van der Waals surface area contributed by atoms with Gasteiger partial charge < -0.3 is 4.79 Å². The molecule has 1 heterocycles. The number of rotatable bonds is 2. The summed E-state index contributed by atoms with van der Waals surface area (Å²) in [6.07, 6.45) is 2.34. The smallest absolute Gasteiger partial charge is 0.144 e. The minimum atomic E-state index is -0.256. The van der Waals surface area contributed by atoms with E-state index in [0.29, 0.717) is 11.3 Å². The van der Waals surface area contributed by atoms with Crippen LogP contribution in [0, 0.1) is 11.3 Å². The third kappa shape index (κ3) is 1.48. The molecule has 1 atom stereocenters. The Bertz CT molecular complexity index is 328. The third-order valence-corrected chi connectivity index (χ3v) is 1.64. The molecule has 1 aromatic rings. The summed E-state index contributed by atoms with van der Waals surface area (Å²) >= 11 is 0. The highest BCUT2D eigenvalue weighted by Gasteiger charge is 2.08. The van der Waals surface area contributed by atoms with Crippen LogP contribution in [-0.2, 0) is 4.79 Å². The van der Waals surface area contributed by atoms with Crippen LogP contribution in [0.1, 0.15) is 24.1 Å². The van der Waals surface area contributed by atoms with Gasteiger partial charge in [0, 0.05) is 12.1 Å². The summed E-state index contributed by atoms with van der Waals surface area (Å²) in [6.45, 7) is 1.74. The summed E-state index contributed by atoms with van der Waals surface area (Å²) in [4.78, 5) is 14.3. The Morgan fingerprint density at radius 1 is 1.75 bits per heavy atom. The van der Waals surface area contributed by atoms with Crippen molar-refractivity contribution in [3.8, 4) is 6.07 Å². The Labute approximate surface area is 70.7 Å². The molecule has 0 fully saturated rings. The van der Waals surface area contributed by atoms with Crippen LogP contribution < -0.4 is 0 Å². The van der Waals surface area contributed by atoms with Crippen LogP contribution >= 0.6 is 0 Å². The van der Waals surface area contributed by atoms with E-state index in [9.17, 15) is 4.79 Å². The highest BCUT2D eigenvalue weighted by molar-refractivity contribution is 5.62. The van der Waals surface area contributed by atoms with Gasteiger partial charge in [0.15, 0.2) is 0 Å². The normalized spacial score (nSPS) is 11.7. The number of nitriles is 1. The van der Waals surface area contributed by atoms with Gasteiger partial charge in [0.1, 0.15) is 18.0 Å². The first kappa shape index (κ1) is 8.41. The van der Waals surface area contributed by atoms with Crippen molar-refractivity contribution in [3.63, 3.8) is 0 Å². The van der Waals surface area contributed by atoms with E-state index in [1.165, 1.54) is 0 Å². The SMILES string of the molecule is CC(C=O)c1cccnc1C#N. The van der Waals surface area contributed by atoms with Crippen LogP contribution in [0.2, 0.25) is 0 Å². The van der Waals surface area contributed by atoms with Crippen molar-refractivity contribution in [1.82, 2.24) is 4.98 Å². The molecule has 0 spiro atoms. The Morgan fingerprint density at radius 3 is 3.08 bits per heavy atom. The maximum absolute atomic E-state index is 10.4. The Hall–Kier alpha value is -1.69. The second-order valence-corrected chi connectivity index (χ2v) is 2.48. The zero-order valence-electron chi connectivity index (χ0n) is 6.69. The zero-order chi connectivity index (χ0) is 8.97. The van der Waals surface area contributed by atoms with Gasteiger partial charge in [-0.25, -0.2) is 4.98 Å². The molecular weight excluding hydrogens is 152 g/mol. The molecule has 0 amide bonds. The first-order valence-corrected chi connectivity index (χ1v) is 3.60. The lowest BCUT2D eigenvalue weighted by Gasteiger charge is -2.03. The van der Waals surface area contributed by atoms with Crippen molar-refractivity contribution in [3.05, 3.63) is 29.6 Å². The summed E-state index contributed by atoms with van der Waals surface area (Å²) in [5.41, 5.74) is 1.02. The van der Waals surface area contributed by atoms with E-state index in [1.807, 2.05) is 6.07 Å². The summed E-state index contributed by atoms with van der Waals surface area (Å²) < 4.78 is 0. The van der Waals surface area contributed by atoms with Crippen LogP contribution in [0.5, 0.6) is 0 Å². The second-order valence-electron chi connectivity index (χ2n) is 2.48. The fourth-order valence-electron chi connectivity index (χ4n) is 0.952. The molecule has 0 saturated carbocycles. The van der Waals surface area contributed by atoms with E-state index in [-0.39, 0.29) is 5.92 Å². The molecular formula is C9H8N2O. The van der Waals surface area contributed by atoms with E-state index in [1.54, 1.807) is 25.3 Å². The molecule has 0 saturated heterocycles. The van der Waals surface area contributed by atoms with E-state index >= 15 is 0 Å². The van der Waals surface area contributed by atoms with Crippen LogP contribution in [0.3, 0.4) is 0 Å². The number of aromatic nitrogens is 1. The van der Waals surface area contributed by atoms with E-state index < -0.39 is 0 Å². The van der Waals surface area contributed by atoms with Crippen LogP contribution in [0.15, 0.2) is 18.3 Å². The summed E-state index contributed by atoms with van der Waals surface area (Å²) in [5.74, 6) is -0.256. The maximum Gasteiger partial charge on any atom is 0.144 e. The van der Waals surface area contributed by atoms with E-state index in [0.717, 1.165) is 6.29 Å². The summed E-state index contributed by atoms with van der Waals surface area (Å²) in [5, 5.41) is 8.63. The molecule has 0 aliphatic carbocycles. The van der Waals surface area contributed by atoms with Gasteiger partial charge in [-0.05, 0) is 11.6 Å². The average molecular weight is 160 g/mol. The highest BCUT2D eigenvalue weighted by atomic mass is 16.1. The predicted molar refractivity (Wildman–Crippen MR) is 43.4 cm³/mol. The average Bonchev–Trinajstić information content (AvgIpc) is 2.16. The number of aldehydes is 1. The summed E-state index contributed by atoms with van der Waals surface area (Å²) in [7, 11) is 0. The molecule has 0 radical (unpaired) electrons. The van der Waals surface area contributed by atoms with Gasteiger partial charge in [-0.1, -0.05) is 13.0 Å². The van der Waals surface area contributed by atoms with Crippen molar-refractivity contribution in [2.45, 2.75) is 12.8 Å². The molecule has 0 N–H and O–H groups in total. The van der Waals surface area contributed by atoms with E-state index in [2.05, 4.69) is 4.98 Å². The monoisotopic (exact) mass is 160 g/mol. The van der Waals surface area contributed by atoms with Crippen molar-refractivity contribution in [2.75, 3.05) is 0 Å². The Morgan fingerprint density at radius 2 is 2.50 bits per heavy atom. The van der Waals surface area contributed by atoms with Crippen molar-refractivity contribution in [1.29, 1.82) is 5.26 Å². The second kappa shape index (κ2) is 3.63. The fraction of sp³-hybridized carbons (Fsp3) is 0.222. The van der Waals surface area contributed by atoms with Gasteiger partial charge in [-0.2, -0.15) is 5.26 Å². The van der Waals surface area contributed by atoms with Crippen LogP contribution in [-0.4, -0.2) is 11.3 Å². The van der Waals surface area contributed by atoms with Crippen LogP contribution in [0.25, 0.3) is 0 Å². The number of carbonyl (C=O) groups is 1. The van der Waals surface area contributed by atoms with Crippen molar-refractivity contribution >= 4 is 6.29 Å². The molecule has 60 valence electrons. The number of hydrogen-bond acceptors (Lipinski definition) is 3. The van der Waals surface area contributed by atoms with E-state index in [4.69, 9.17) is 5.26 Å². The lowest BCUT2D eigenvalue weighted by molar-refractivity contribution is -0.108. The topological polar surface area (TPSA) is 53.8 Å². The van der Waals surface area contributed by atoms with Gasteiger partial charge >= 0.3 is 0 Å². The molecule has 12 heavy (non-hydrogen) atoms. The van der Waals surface area contributed by atoms with Crippen molar-refractivity contribution in [2.24, 2.45) is 0 Å². The molecule has 0 aromatic carbocycles. The number of hydrogen-bond donors (Lipinski definition) is 0. The van der Waals surface area contributed by atoms with Crippen LogP contribution in [0.4, 0.5) is 0 Å². The van der Waals surface area contributed by atoms with Gasteiger partial charge in [0.25, 0.3) is 0 Å². The third-order valence-electron chi connectivity index (χ3n) is 1.64. The van der Waals surface area contributed by atoms with Gasteiger partial charge in [0.05, 0.1) is 0 Å². The molecule has 1 rings (SSSR count). The minimum Gasteiger partial charge on any atom is -0.303 e. The lowest BCUT2D eigenvalue weighted by atomic mass is 10.0. The first-order valence-electron chi connectivity index (χ1n) is 3.60. The number of pyridine rings is 1. The number of carbonyl (C=O) groups excluding carboxylic acids is 1. The molecule has 3 heteroatoms. The molecule has 1 aromatic heterocycles. The minimum absolute atomic E-state index is 0.256. The fourth-order valence-corrected chi connectivity index (χ4v) is 0.952. The molecule has 0 bridgehead atoms. The molecule has 0 aliphatic rings. The van der Waals surface area contributed by atoms with Crippen molar-refractivity contribution < 1.29 is 4.79 Å². The Kier molecular flexibility index (Phi) is 2.54. The molecule has 1 unspecified atom stereocenters. The summed E-state index contributed by atoms with van der Waals surface area (Å²) in [6, 6.07) is 5.40. The lowest BCUT2D eigenvalue weighted by Crippen LogP contribution is -1.99. The van der Waals surface area contributed by atoms with Gasteiger partial charge in [0.2, 0.25) is 0 Å². The first-order chi connectivity index (χ1) is 5.79. The Balaban J connectivity index is 3.15. The number of nitrogens with zero attached hydrogens (tertiary/aromatic N) is 2.